The molecule has 0 aliphatic carbocycles. The summed E-state index contributed by atoms with van der Waals surface area (Å²) in [5.74, 6) is -0.442. The predicted molar refractivity (Wildman–Crippen MR) is 67.0 cm³/mol. The zero-order chi connectivity index (χ0) is 13.1. The zero-order valence-corrected chi connectivity index (χ0v) is 9.71. The van der Waals surface area contributed by atoms with Gasteiger partial charge >= 0.3 is 0 Å². The lowest BCUT2D eigenvalue weighted by Crippen LogP contribution is -1.97. The van der Waals surface area contributed by atoms with Crippen molar-refractivity contribution < 1.29 is 13.5 Å². The van der Waals surface area contributed by atoms with E-state index in [0.29, 0.717) is 11.4 Å². The van der Waals surface area contributed by atoms with E-state index in [-0.39, 0.29) is 11.4 Å². The van der Waals surface area contributed by atoms with E-state index in [1.807, 2.05) is 0 Å². The van der Waals surface area contributed by atoms with Gasteiger partial charge in [0.2, 0.25) is 0 Å². The number of ether oxygens (including phenoxy) is 1. The molecule has 0 atom stereocenters. The summed E-state index contributed by atoms with van der Waals surface area (Å²) in [6.45, 7) is 0. The van der Waals surface area contributed by atoms with Gasteiger partial charge in [0.25, 0.3) is 0 Å². The lowest BCUT2D eigenvalue weighted by molar-refractivity contribution is 0.414. The molecular weight excluding hydrogens is 238 g/mol. The Morgan fingerprint density at radius 2 is 1.89 bits per heavy atom. The van der Waals surface area contributed by atoms with Crippen molar-refractivity contribution in [2.45, 2.75) is 0 Å². The Labute approximate surface area is 103 Å². The minimum Gasteiger partial charge on any atom is -0.497 e. The molecule has 0 saturated heterocycles. The van der Waals surface area contributed by atoms with Crippen molar-refractivity contribution in [2.24, 2.45) is 0 Å². The quantitative estimate of drug-likeness (QED) is 0.822. The third-order valence-corrected chi connectivity index (χ3v) is 2.37. The maximum atomic E-state index is 13.5. The minimum absolute atomic E-state index is 0.194. The molecule has 5 heteroatoms. The van der Waals surface area contributed by atoms with Crippen molar-refractivity contribution in [3.63, 3.8) is 0 Å². The lowest BCUT2D eigenvalue weighted by Gasteiger charge is -2.10. The van der Waals surface area contributed by atoms with E-state index < -0.39 is 11.6 Å². The molecule has 3 nitrogen and oxygen atoms in total. The van der Waals surface area contributed by atoms with Gasteiger partial charge in [-0.2, -0.15) is 0 Å². The lowest BCUT2D eigenvalue weighted by atomic mass is 10.2. The Morgan fingerprint density at radius 3 is 2.56 bits per heavy atom. The van der Waals surface area contributed by atoms with E-state index in [0.717, 1.165) is 0 Å². The van der Waals surface area contributed by atoms with Crippen LogP contribution >= 0.6 is 0 Å². The molecule has 0 aliphatic rings. The van der Waals surface area contributed by atoms with Crippen LogP contribution in [-0.2, 0) is 0 Å². The van der Waals surface area contributed by atoms with Gasteiger partial charge in [-0.3, -0.25) is 0 Å². The van der Waals surface area contributed by atoms with E-state index in [9.17, 15) is 8.78 Å². The highest BCUT2D eigenvalue weighted by Crippen LogP contribution is 2.26. The zero-order valence-electron chi connectivity index (χ0n) is 9.71. The fourth-order valence-electron chi connectivity index (χ4n) is 1.57. The second-order valence-corrected chi connectivity index (χ2v) is 3.74. The molecule has 0 amide bonds. The molecule has 0 saturated carbocycles. The molecule has 18 heavy (non-hydrogen) atoms. The van der Waals surface area contributed by atoms with Crippen molar-refractivity contribution in [2.75, 3.05) is 18.2 Å². The third kappa shape index (κ3) is 2.68. The largest absolute Gasteiger partial charge is 0.497 e. The van der Waals surface area contributed by atoms with Crippen molar-refractivity contribution >= 4 is 17.1 Å². The van der Waals surface area contributed by atoms with Crippen LogP contribution in [0.1, 0.15) is 0 Å². The summed E-state index contributed by atoms with van der Waals surface area (Å²) < 4.78 is 31.7. The number of rotatable bonds is 3. The van der Waals surface area contributed by atoms with Crippen LogP contribution in [0, 0.1) is 11.6 Å². The Kier molecular flexibility index (Phi) is 3.32. The van der Waals surface area contributed by atoms with Gasteiger partial charge < -0.3 is 15.8 Å². The number of hydrogen-bond donors (Lipinski definition) is 2. The minimum atomic E-state index is -0.485. The van der Waals surface area contributed by atoms with Gasteiger partial charge in [-0.05, 0) is 30.3 Å². The third-order valence-electron chi connectivity index (χ3n) is 2.37. The first kappa shape index (κ1) is 12.2. The van der Waals surface area contributed by atoms with E-state index in [1.54, 1.807) is 0 Å². The molecule has 2 aromatic carbocycles. The average Bonchev–Trinajstić information content (AvgIpc) is 2.30. The fraction of sp³-hybridized carbons (Fsp3) is 0.0769. The number of nitrogens with one attached hydrogen (secondary N) is 1. The SMILES string of the molecule is COc1ccc(F)c(Nc2cc(N)cc(F)c2)c1. The maximum absolute atomic E-state index is 13.5. The van der Waals surface area contributed by atoms with Crippen molar-refractivity contribution in [3.8, 4) is 5.75 Å². The smallest absolute Gasteiger partial charge is 0.146 e. The fourth-order valence-corrected chi connectivity index (χ4v) is 1.57. The Bertz CT molecular complexity index is 553. The highest BCUT2D eigenvalue weighted by atomic mass is 19.1. The van der Waals surface area contributed by atoms with E-state index in [4.69, 9.17) is 10.5 Å². The summed E-state index contributed by atoms with van der Waals surface area (Å²) in [5.41, 5.74) is 6.34. The number of methoxy groups -OCH3 is 1. The topological polar surface area (TPSA) is 47.3 Å². The predicted octanol–water partition coefficient (Wildman–Crippen LogP) is 3.30. The standard InChI is InChI=1S/C13H12F2N2O/c1-18-11-2-3-12(15)13(7-11)17-10-5-8(14)4-9(16)6-10/h2-7,17H,16H2,1H3. The summed E-state index contributed by atoms with van der Waals surface area (Å²) in [5, 5.41) is 2.75. The molecule has 0 fully saturated rings. The summed E-state index contributed by atoms with van der Waals surface area (Å²) in [6, 6.07) is 8.19. The number of halogens is 2. The summed E-state index contributed by atoms with van der Waals surface area (Å²) >= 11 is 0. The van der Waals surface area contributed by atoms with Gasteiger partial charge in [0.1, 0.15) is 17.4 Å². The number of hydrogen-bond acceptors (Lipinski definition) is 3. The van der Waals surface area contributed by atoms with E-state index in [1.165, 1.54) is 43.5 Å². The van der Waals surface area contributed by atoms with Gasteiger partial charge in [0.05, 0.1) is 12.8 Å². The normalized spacial score (nSPS) is 10.2. The number of benzene rings is 2. The van der Waals surface area contributed by atoms with Crippen LogP contribution in [0.25, 0.3) is 0 Å². The highest BCUT2D eigenvalue weighted by Gasteiger charge is 2.06. The molecule has 2 rings (SSSR count). The second kappa shape index (κ2) is 4.91. The molecule has 0 heterocycles. The van der Waals surface area contributed by atoms with Gasteiger partial charge in [-0.25, -0.2) is 8.78 Å². The summed E-state index contributed by atoms with van der Waals surface area (Å²) in [6.07, 6.45) is 0. The van der Waals surface area contributed by atoms with Crippen LogP contribution in [0.15, 0.2) is 36.4 Å². The molecule has 0 bridgehead atoms. The first-order chi connectivity index (χ1) is 8.58. The molecule has 0 radical (unpaired) electrons. The Morgan fingerprint density at radius 1 is 1.11 bits per heavy atom. The van der Waals surface area contributed by atoms with Crippen LogP contribution in [0.5, 0.6) is 5.75 Å². The van der Waals surface area contributed by atoms with Crippen molar-refractivity contribution in [1.82, 2.24) is 0 Å². The molecular formula is C13H12F2N2O. The Balaban J connectivity index is 2.33. The molecule has 0 aliphatic heterocycles. The summed E-state index contributed by atoms with van der Waals surface area (Å²) in [7, 11) is 1.48. The molecule has 0 unspecified atom stereocenters. The van der Waals surface area contributed by atoms with Gasteiger partial charge in [0, 0.05) is 17.4 Å². The first-order valence-corrected chi connectivity index (χ1v) is 5.25. The Hall–Kier alpha value is -2.30. The van der Waals surface area contributed by atoms with Crippen LogP contribution < -0.4 is 15.8 Å². The molecule has 0 spiro atoms. The number of nitrogens with two attached hydrogens (primary N) is 1. The van der Waals surface area contributed by atoms with Crippen LogP contribution in [-0.4, -0.2) is 7.11 Å². The second-order valence-electron chi connectivity index (χ2n) is 3.74. The highest BCUT2D eigenvalue weighted by molar-refractivity contribution is 5.65. The maximum Gasteiger partial charge on any atom is 0.146 e. The van der Waals surface area contributed by atoms with Gasteiger partial charge in [-0.1, -0.05) is 0 Å². The summed E-state index contributed by atoms with van der Waals surface area (Å²) in [4.78, 5) is 0. The first-order valence-electron chi connectivity index (χ1n) is 5.25. The average molecular weight is 250 g/mol. The van der Waals surface area contributed by atoms with Crippen molar-refractivity contribution in [1.29, 1.82) is 0 Å². The number of anilines is 3. The van der Waals surface area contributed by atoms with E-state index in [2.05, 4.69) is 5.32 Å². The molecule has 0 aromatic heterocycles. The van der Waals surface area contributed by atoms with Crippen molar-refractivity contribution in [3.05, 3.63) is 48.0 Å². The monoisotopic (exact) mass is 250 g/mol. The molecule has 94 valence electrons. The molecule has 3 N–H and O–H groups in total. The van der Waals surface area contributed by atoms with Gasteiger partial charge in [0.15, 0.2) is 0 Å². The van der Waals surface area contributed by atoms with Gasteiger partial charge in [-0.15, -0.1) is 0 Å². The van der Waals surface area contributed by atoms with E-state index >= 15 is 0 Å². The van der Waals surface area contributed by atoms with Crippen LogP contribution in [0.3, 0.4) is 0 Å². The molecule has 2 aromatic rings. The number of nitrogen functional groups attached to an aromatic ring is 1. The van der Waals surface area contributed by atoms with Crippen LogP contribution in [0.2, 0.25) is 0 Å². The van der Waals surface area contributed by atoms with Crippen LogP contribution in [0.4, 0.5) is 25.8 Å².